The minimum Gasteiger partial charge on any atom is -0.351 e. The molecule has 5 N–H and O–H groups in total. The Bertz CT molecular complexity index is 504. The van der Waals surface area contributed by atoms with Crippen molar-refractivity contribution >= 4 is 25.9 Å². The van der Waals surface area contributed by atoms with E-state index in [2.05, 4.69) is 4.99 Å². The van der Waals surface area contributed by atoms with Crippen molar-refractivity contribution in [3.8, 4) is 0 Å². The van der Waals surface area contributed by atoms with Gasteiger partial charge in [-0.05, 0) is 11.6 Å². The van der Waals surface area contributed by atoms with Gasteiger partial charge in [-0.2, -0.15) is 0 Å². The van der Waals surface area contributed by atoms with Gasteiger partial charge in [-0.15, -0.1) is 0 Å². The quantitative estimate of drug-likeness (QED) is 0.504. The molecule has 8 nitrogen and oxygen atoms in total. The average molecular weight is 273 g/mol. The number of amides is 2. The van der Waals surface area contributed by atoms with Gasteiger partial charge in [0, 0.05) is 0 Å². The van der Waals surface area contributed by atoms with E-state index in [-0.39, 0.29) is 0 Å². The number of fused-ring (bicyclic) bond motifs is 1. The predicted molar refractivity (Wildman–Crippen MR) is 64.0 cm³/mol. The zero-order valence-corrected chi connectivity index (χ0v) is 10.1. The molecule has 1 aromatic rings. The number of hydrogen-bond donors (Lipinski definition) is 4. The molecular formula is C9H12N3O5P. The molecule has 0 bridgehead atoms. The average Bonchev–Trinajstić information content (AvgIpc) is 2.26. The summed E-state index contributed by atoms with van der Waals surface area (Å²) in [6.45, 7) is 0.509. The van der Waals surface area contributed by atoms with Crippen LogP contribution in [-0.4, -0.2) is 31.9 Å². The van der Waals surface area contributed by atoms with Crippen molar-refractivity contribution in [2.24, 2.45) is 10.7 Å². The summed E-state index contributed by atoms with van der Waals surface area (Å²) in [7, 11) is -4.64. The van der Waals surface area contributed by atoms with Crippen molar-refractivity contribution < 1.29 is 24.0 Å². The SMILES string of the molecule is NC(=O)N1C=Nc2ccccc2C1.O=P(O)(O)O. The van der Waals surface area contributed by atoms with E-state index in [9.17, 15) is 4.79 Å². The summed E-state index contributed by atoms with van der Waals surface area (Å²) in [6.07, 6.45) is 1.46. The molecule has 1 heterocycles. The Morgan fingerprint density at radius 2 is 1.89 bits per heavy atom. The Labute approximate surface area is 103 Å². The second-order valence-electron chi connectivity index (χ2n) is 3.35. The molecule has 0 saturated carbocycles. The fourth-order valence-electron chi connectivity index (χ4n) is 1.26. The summed E-state index contributed by atoms with van der Waals surface area (Å²) >= 11 is 0. The van der Waals surface area contributed by atoms with Crippen LogP contribution in [0.15, 0.2) is 29.3 Å². The first-order valence-electron chi connectivity index (χ1n) is 4.74. The van der Waals surface area contributed by atoms with E-state index in [1.165, 1.54) is 11.2 Å². The van der Waals surface area contributed by atoms with Gasteiger partial charge >= 0.3 is 13.9 Å². The van der Waals surface area contributed by atoms with Crippen LogP contribution in [-0.2, 0) is 11.1 Å². The topological polar surface area (TPSA) is 136 Å². The zero-order chi connectivity index (χ0) is 13.8. The summed E-state index contributed by atoms with van der Waals surface area (Å²) in [5.74, 6) is 0. The van der Waals surface area contributed by atoms with Gasteiger partial charge in [-0.3, -0.25) is 4.90 Å². The molecule has 0 aliphatic carbocycles. The summed E-state index contributed by atoms with van der Waals surface area (Å²) in [5.41, 5.74) is 7.04. The van der Waals surface area contributed by atoms with Gasteiger partial charge in [0.1, 0.15) is 0 Å². The Hall–Kier alpha value is -1.73. The number of phosphoric acid groups is 1. The van der Waals surface area contributed by atoms with Gasteiger partial charge in [-0.25, -0.2) is 14.4 Å². The van der Waals surface area contributed by atoms with Crippen molar-refractivity contribution in [2.75, 3.05) is 0 Å². The molecule has 98 valence electrons. The Kier molecular flexibility index (Phi) is 4.57. The maximum absolute atomic E-state index is 10.8. The molecular weight excluding hydrogens is 261 g/mol. The van der Waals surface area contributed by atoms with Crippen molar-refractivity contribution in [1.29, 1.82) is 0 Å². The number of hydrogen-bond acceptors (Lipinski definition) is 3. The molecule has 0 atom stereocenters. The molecule has 9 heteroatoms. The number of para-hydroxylation sites is 1. The molecule has 0 saturated heterocycles. The van der Waals surface area contributed by atoms with Crippen LogP contribution >= 0.6 is 7.82 Å². The second-order valence-corrected chi connectivity index (χ2v) is 4.38. The summed E-state index contributed by atoms with van der Waals surface area (Å²) in [6, 6.07) is 7.19. The Morgan fingerprint density at radius 3 is 2.44 bits per heavy atom. The molecule has 0 spiro atoms. The van der Waals surface area contributed by atoms with Gasteiger partial charge in [0.05, 0.1) is 18.6 Å². The third-order valence-corrected chi connectivity index (χ3v) is 1.95. The summed E-state index contributed by atoms with van der Waals surface area (Å²) in [4.78, 5) is 37.9. The number of nitrogens with zero attached hydrogens (tertiary/aromatic N) is 2. The normalized spacial score (nSPS) is 13.4. The molecule has 2 amide bonds. The molecule has 1 aliphatic rings. The van der Waals surface area contributed by atoms with Crippen molar-refractivity contribution in [1.82, 2.24) is 4.90 Å². The molecule has 1 aromatic carbocycles. The molecule has 0 fully saturated rings. The van der Waals surface area contributed by atoms with E-state index in [1.807, 2.05) is 24.3 Å². The Morgan fingerprint density at radius 1 is 1.33 bits per heavy atom. The Balaban J connectivity index is 0.000000280. The minimum absolute atomic E-state index is 0.474. The van der Waals surface area contributed by atoms with Crippen LogP contribution < -0.4 is 5.73 Å². The highest BCUT2D eigenvalue weighted by Crippen LogP contribution is 2.25. The highest BCUT2D eigenvalue weighted by atomic mass is 31.2. The lowest BCUT2D eigenvalue weighted by atomic mass is 10.1. The molecule has 0 radical (unpaired) electrons. The van der Waals surface area contributed by atoms with Gasteiger partial charge in [0.15, 0.2) is 0 Å². The van der Waals surface area contributed by atoms with E-state index in [0.717, 1.165) is 11.3 Å². The fraction of sp³-hybridized carbons (Fsp3) is 0.111. The van der Waals surface area contributed by atoms with E-state index in [0.29, 0.717) is 6.54 Å². The van der Waals surface area contributed by atoms with E-state index in [1.54, 1.807) is 0 Å². The first-order valence-corrected chi connectivity index (χ1v) is 6.30. The van der Waals surface area contributed by atoms with E-state index in [4.69, 9.17) is 25.0 Å². The lowest BCUT2D eigenvalue weighted by molar-refractivity contribution is 0.229. The fourth-order valence-corrected chi connectivity index (χ4v) is 1.26. The van der Waals surface area contributed by atoms with Gasteiger partial charge in [-0.1, -0.05) is 18.2 Å². The van der Waals surface area contributed by atoms with Crippen molar-refractivity contribution in [3.63, 3.8) is 0 Å². The number of carbonyl (C=O) groups is 1. The van der Waals surface area contributed by atoms with Gasteiger partial charge in [0.2, 0.25) is 0 Å². The maximum atomic E-state index is 10.8. The van der Waals surface area contributed by atoms with Crippen LogP contribution in [0.1, 0.15) is 5.56 Å². The van der Waals surface area contributed by atoms with Gasteiger partial charge < -0.3 is 20.4 Å². The number of urea groups is 1. The summed E-state index contributed by atoms with van der Waals surface area (Å²) in [5, 5.41) is 0. The van der Waals surface area contributed by atoms with E-state index < -0.39 is 13.9 Å². The maximum Gasteiger partial charge on any atom is 0.466 e. The van der Waals surface area contributed by atoms with Crippen molar-refractivity contribution in [3.05, 3.63) is 29.8 Å². The highest BCUT2D eigenvalue weighted by Gasteiger charge is 2.13. The molecule has 1 aliphatic heterocycles. The van der Waals surface area contributed by atoms with Crippen LogP contribution in [0, 0.1) is 0 Å². The first kappa shape index (κ1) is 14.3. The standard InChI is InChI=1S/C9H9N3O.H3O4P/c10-9(13)12-5-7-3-1-2-4-8(7)11-6-12;1-5(2,3)4/h1-4,6H,5H2,(H2,10,13);(H3,1,2,3,4). The number of primary amides is 1. The van der Waals surface area contributed by atoms with E-state index >= 15 is 0 Å². The highest BCUT2D eigenvalue weighted by molar-refractivity contribution is 7.45. The number of nitrogens with two attached hydrogens (primary N) is 1. The number of rotatable bonds is 0. The molecule has 0 aromatic heterocycles. The zero-order valence-electron chi connectivity index (χ0n) is 9.17. The molecule has 0 unspecified atom stereocenters. The smallest absolute Gasteiger partial charge is 0.351 e. The van der Waals surface area contributed by atoms with Crippen LogP contribution in [0.4, 0.5) is 10.5 Å². The van der Waals surface area contributed by atoms with Crippen LogP contribution in [0.25, 0.3) is 0 Å². The summed E-state index contributed by atoms with van der Waals surface area (Å²) < 4.78 is 8.88. The molecule has 2 rings (SSSR count). The third-order valence-electron chi connectivity index (χ3n) is 1.95. The number of carbonyl (C=O) groups excluding carboxylic acids is 1. The van der Waals surface area contributed by atoms with Crippen LogP contribution in [0.2, 0.25) is 0 Å². The first-order chi connectivity index (χ1) is 8.27. The lowest BCUT2D eigenvalue weighted by Gasteiger charge is -2.19. The van der Waals surface area contributed by atoms with Crippen LogP contribution in [0.5, 0.6) is 0 Å². The number of benzene rings is 1. The minimum atomic E-state index is -4.64. The van der Waals surface area contributed by atoms with Gasteiger partial charge in [0.25, 0.3) is 0 Å². The number of aliphatic imine (C=N–C) groups is 1. The predicted octanol–water partition coefficient (Wildman–Crippen LogP) is 0.312. The third kappa shape index (κ3) is 5.07. The lowest BCUT2D eigenvalue weighted by Crippen LogP contribution is -2.35. The molecule has 18 heavy (non-hydrogen) atoms. The largest absolute Gasteiger partial charge is 0.466 e. The van der Waals surface area contributed by atoms with Crippen LogP contribution in [0.3, 0.4) is 0 Å². The second kappa shape index (κ2) is 5.74. The van der Waals surface area contributed by atoms with Crippen molar-refractivity contribution in [2.45, 2.75) is 6.54 Å². The monoisotopic (exact) mass is 273 g/mol.